The van der Waals surface area contributed by atoms with E-state index in [-0.39, 0.29) is 0 Å². The van der Waals surface area contributed by atoms with E-state index in [2.05, 4.69) is 15.9 Å². The lowest BCUT2D eigenvalue weighted by Crippen LogP contribution is -2.53. The van der Waals surface area contributed by atoms with Crippen molar-refractivity contribution in [3.8, 4) is 0 Å². The Balaban J connectivity index is 1.63. The summed E-state index contributed by atoms with van der Waals surface area (Å²) in [5, 5.41) is 0.813. The molecule has 2 atom stereocenters. The summed E-state index contributed by atoms with van der Waals surface area (Å²) in [6.45, 7) is 0.645. The van der Waals surface area contributed by atoms with Gasteiger partial charge in [-0.2, -0.15) is 0 Å². The number of ether oxygens (including phenoxy) is 1. The van der Waals surface area contributed by atoms with Crippen molar-refractivity contribution < 1.29 is 4.74 Å². The van der Waals surface area contributed by atoms with E-state index in [0.717, 1.165) is 17.0 Å². The predicted octanol–water partition coefficient (Wildman–Crippen LogP) is 4.95. The Hall–Kier alpha value is -0.0500. The minimum atomic E-state index is 0.417. The van der Waals surface area contributed by atoms with Crippen molar-refractivity contribution in [3.63, 3.8) is 0 Å². The highest BCUT2D eigenvalue weighted by atomic mass is 79.9. The molecule has 0 heterocycles. The van der Waals surface area contributed by atoms with Crippen LogP contribution in [0, 0.1) is 5.41 Å². The molecule has 1 spiro atoms. The molecule has 0 radical (unpaired) electrons. The first kappa shape index (κ1) is 13.0. The molecular weight excluding hydrogens is 312 g/mol. The van der Waals surface area contributed by atoms with Crippen molar-refractivity contribution in [1.82, 2.24) is 0 Å². The van der Waals surface area contributed by atoms with Gasteiger partial charge in [-0.1, -0.05) is 58.6 Å². The summed E-state index contributed by atoms with van der Waals surface area (Å²) in [6.07, 6.45) is 6.90. The highest BCUT2D eigenvalue weighted by Crippen LogP contribution is 2.57. The number of benzene rings is 1. The summed E-state index contributed by atoms with van der Waals surface area (Å²) < 4.78 is 6.14. The first-order valence-electron chi connectivity index (χ1n) is 6.71. The van der Waals surface area contributed by atoms with Crippen LogP contribution in [0.3, 0.4) is 0 Å². The van der Waals surface area contributed by atoms with Crippen LogP contribution >= 0.6 is 27.5 Å². The summed E-state index contributed by atoms with van der Waals surface area (Å²) in [4.78, 5) is 0.656. The third-order valence-electron chi connectivity index (χ3n) is 4.62. The highest BCUT2D eigenvalue weighted by Gasteiger charge is 2.55. The van der Waals surface area contributed by atoms with Crippen molar-refractivity contribution >= 4 is 27.5 Å². The molecule has 2 unspecified atom stereocenters. The van der Waals surface area contributed by atoms with Gasteiger partial charge in [-0.25, -0.2) is 0 Å². The van der Waals surface area contributed by atoms with Crippen LogP contribution in [0.25, 0.3) is 0 Å². The van der Waals surface area contributed by atoms with Gasteiger partial charge in [0.1, 0.15) is 0 Å². The molecule has 0 aliphatic heterocycles. The average molecular weight is 330 g/mol. The number of hydrogen-bond acceptors (Lipinski definition) is 1. The Kier molecular flexibility index (Phi) is 3.70. The van der Waals surface area contributed by atoms with E-state index in [1.807, 2.05) is 24.3 Å². The summed E-state index contributed by atoms with van der Waals surface area (Å²) in [5.41, 5.74) is 1.52. The Bertz CT molecular complexity index is 428. The Morgan fingerprint density at radius 1 is 1.28 bits per heavy atom. The van der Waals surface area contributed by atoms with Gasteiger partial charge in [0.05, 0.1) is 12.7 Å². The minimum Gasteiger partial charge on any atom is -0.373 e. The lowest BCUT2D eigenvalue weighted by molar-refractivity contribution is -0.108. The molecule has 2 saturated carbocycles. The van der Waals surface area contributed by atoms with Crippen LogP contribution < -0.4 is 0 Å². The predicted molar refractivity (Wildman–Crippen MR) is 78.3 cm³/mol. The van der Waals surface area contributed by atoms with E-state index in [0.29, 0.717) is 23.0 Å². The van der Waals surface area contributed by atoms with E-state index >= 15 is 0 Å². The molecule has 1 nitrogen and oxygen atoms in total. The molecule has 0 saturated heterocycles. The first-order valence-corrected chi connectivity index (χ1v) is 8.01. The molecule has 1 aromatic carbocycles. The second kappa shape index (κ2) is 5.15. The third-order valence-corrected chi connectivity index (χ3v) is 6.27. The SMILES string of the molecule is Clc1ccccc1COC1CC(Br)C12CCCC2. The van der Waals surface area contributed by atoms with E-state index < -0.39 is 0 Å². The molecule has 2 fully saturated rings. The van der Waals surface area contributed by atoms with Gasteiger partial charge in [0.2, 0.25) is 0 Å². The van der Waals surface area contributed by atoms with Gasteiger partial charge in [-0.15, -0.1) is 0 Å². The molecular formula is C15H18BrClO. The highest BCUT2D eigenvalue weighted by molar-refractivity contribution is 9.09. The molecule has 2 aliphatic rings. The van der Waals surface area contributed by atoms with Crippen LogP contribution in [0.5, 0.6) is 0 Å². The lowest BCUT2D eigenvalue weighted by atomic mass is 9.64. The van der Waals surface area contributed by atoms with Crippen LogP contribution in [-0.2, 0) is 11.3 Å². The van der Waals surface area contributed by atoms with Gasteiger partial charge < -0.3 is 4.74 Å². The number of rotatable bonds is 3. The van der Waals surface area contributed by atoms with E-state index in [4.69, 9.17) is 16.3 Å². The zero-order valence-electron chi connectivity index (χ0n) is 10.4. The molecule has 1 aromatic rings. The molecule has 3 heteroatoms. The van der Waals surface area contributed by atoms with Crippen molar-refractivity contribution in [3.05, 3.63) is 34.9 Å². The Morgan fingerprint density at radius 2 is 2.00 bits per heavy atom. The first-order chi connectivity index (χ1) is 8.72. The normalized spacial score (nSPS) is 29.4. The third kappa shape index (κ3) is 2.13. The summed E-state index contributed by atoms with van der Waals surface area (Å²) in [6, 6.07) is 7.96. The van der Waals surface area contributed by atoms with Crippen LogP contribution in [0.15, 0.2) is 24.3 Å². The van der Waals surface area contributed by atoms with E-state index in [1.54, 1.807) is 0 Å². The monoisotopic (exact) mass is 328 g/mol. The molecule has 0 N–H and O–H groups in total. The van der Waals surface area contributed by atoms with E-state index in [1.165, 1.54) is 25.7 Å². The second-order valence-corrected chi connectivity index (χ2v) is 7.05. The van der Waals surface area contributed by atoms with Gasteiger partial charge in [0, 0.05) is 15.3 Å². The zero-order chi connectivity index (χ0) is 12.6. The fourth-order valence-electron chi connectivity index (χ4n) is 3.41. The Morgan fingerprint density at radius 3 is 2.67 bits per heavy atom. The van der Waals surface area contributed by atoms with Gasteiger partial charge in [0.25, 0.3) is 0 Å². The smallest absolute Gasteiger partial charge is 0.0735 e. The maximum Gasteiger partial charge on any atom is 0.0735 e. The fraction of sp³-hybridized carbons (Fsp3) is 0.600. The molecule has 0 bridgehead atoms. The second-order valence-electron chi connectivity index (χ2n) is 5.53. The molecule has 2 aliphatic carbocycles. The number of hydrogen-bond donors (Lipinski definition) is 0. The number of halogens is 2. The van der Waals surface area contributed by atoms with Gasteiger partial charge in [-0.3, -0.25) is 0 Å². The van der Waals surface area contributed by atoms with E-state index in [9.17, 15) is 0 Å². The summed E-state index contributed by atoms with van der Waals surface area (Å²) in [7, 11) is 0. The van der Waals surface area contributed by atoms with Crippen molar-refractivity contribution in [2.75, 3.05) is 0 Å². The number of alkyl halides is 1. The quantitative estimate of drug-likeness (QED) is 0.713. The van der Waals surface area contributed by atoms with Crippen LogP contribution in [0.4, 0.5) is 0 Å². The maximum atomic E-state index is 6.16. The maximum absolute atomic E-state index is 6.16. The summed E-state index contributed by atoms with van der Waals surface area (Å²) in [5.74, 6) is 0. The molecule has 3 rings (SSSR count). The standard InChI is InChI=1S/C15H18BrClO/c16-13-9-14(15(13)7-3-4-8-15)18-10-11-5-1-2-6-12(11)17/h1-2,5-6,13-14H,3-4,7-10H2. The molecule has 0 amide bonds. The van der Waals surface area contributed by atoms with Crippen LogP contribution in [-0.4, -0.2) is 10.9 Å². The average Bonchev–Trinajstić information content (AvgIpc) is 2.88. The van der Waals surface area contributed by atoms with Crippen LogP contribution in [0.2, 0.25) is 5.02 Å². The molecule has 18 heavy (non-hydrogen) atoms. The fourth-order valence-corrected chi connectivity index (χ4v) is 4.69. The van der Waals surface area contributed by atoms with Gasteiger partial charge >= 0.3 is 0 Å². The van der Waals surface area contributed by atoms with Crippen LogP contribution in [0.1, 0.15) is 37.7 Å². The minimum absolute atomic E-state index is 0.417. The topological polar surface area (TPSA) is 9.23 Å². The summed E-state index contributed by atoms with van der Waals surface area (Å²) >= 11 is 9.98. The molecule has 98 valence electrons. The van der Waals surface area contributed by atoms with Crippen molar-refractivity contribution in [1.29, 1.82) is 0 Å². The van der Waals surface area contributed by atoms with Crippen molar-refractivity contribution in [2.24, 2.45) is 5.41 Å². The Labute approximate surface area is 122 Å². The van der Waals surface area contributed by atoms with Gasteiger partial charge in [-0.05, 0) is 30.9 Å². The largest absolute Gasteiger partial charge is 0.373 e. The lowest BCUT2D eigenvalue weighted by Gasteiger charge is -2.51. The van der Waals surface area contributed by atoms with Gasteiger partial charge in [0.15, 0.2) is 0 Å². The molecule has 0 aromatic heterocycles. The van der Waals surface area contributed by atoms with Crippen molar-refractivity contribution in [2.45, 2.75) is 49.6 Å². The zero-order valence-corrected chi connectivity index (χ0v) is 12.7.